The molecule has 2 aromatic heterocycles. The Labute approximate surface area is 149 Å². The molecule has 1 N–H and O–H groups in total. The standard InChI is InChI=1S/C19H16N4OS/c1-23-12-21-22-19(23)25-18(13-7-3-2-4-8-13)17(24)15-11-20-16-10-6-5-9-14(15)16/h2-12,18,20H,1H3/t18-/m1/s1. The van der Waals surface area contributed by atoms with Crippen molar-refractivity contribution in [2.24, 2.45) is 7.05 Å². The molecule has 0 amide bonds. The Kier molecular flexibility index (Phi) is 4.11. The van der Waals surface area contributed by atoms with Crippen molar-refractivity contribution >= 4 is 28.4 Å². The highest BCUT2D eigenvalue weighted by molar-refractivity contribution is 8.00. The predicted molar refractivity (Wildman–Crippen MR) is 98.7 cm³/mol. The normalized spacial score (nSPS) is 12.4. The molecule has 0 aliphatic heterocycles. The number of para-hydroxylation sites is 1. The van der Waals surface area contributed by atoms with E-state index in [9.17, 15) is 4.79 Å². The number of aromatic nitrogens is 4. The van der Waals surface area contributed by atoms with Gasteiger partial charge in [-0.15, -0.1) is 10.2 Å². The zero-order valence-corrected chi connectivity index (χ0v) is 14.4. The van der Waals surface area contributed by atoms with Crippen LogP contribution in [0.5, 0.6) is 0 Å². The molecule has 0 radical (unpaired) electrons. The summed E-state index contributed by atoms with van der Waals surface area (Å²) in [6.45, 7) is 0. The lowest BCUT2D eigenvalue weighted by molar-refractivity contribution is 0.0991. The molecule has 2 aromatic carbocycles. The first-order valence-corrected chi connectivity index (χ1v) is 8.78. The molecule has 2 heterocycles. The van der Waals surface area contributed by atoms with Gasteiger partial charge < -0.3 is 9.55 Å². The molecule has 0 bridgehead atoms. The van der Waals surface area contributed by atoms with Crippen LogP contribution in [0.15, 0.2) is 72.3 Å². The third kappa shape index (κ3) is 2.96. The third-order valence-corrected chi connectivity index (χ3v) is 5.39. The Morgan fingerprint density at radius 3 is 2.64 bits per heavy atom. The van der Waals surface area contributed by atoms with Crippen LogP contribution >= 0.6 is 11.8 Å². The summed E-state index contributed by atoms with van der Waals surface area (Å²) in [5, 5.41) is 9.30. The largest absolute Gasteiger partial charge is 0.360 e. The summed E-state index contributed by atoms with van der Waals surface area (Å²) < 4.78 is 1.82. The number of fused-ring (bicyclic) bond motifs is 1. The maximum absolute atomic E-state index is 13.4. The van der Waals surface area contributed by atoms with Crippen molar-refractivity contribution in [1.29, 1.82) is 0 Å². The Balaban J connectivity index is 1.77. The molecule has 0 fully saturated rings. The number of thioether (sulfide) groups is 1. The van der Waals surface area contributed by atoms with Gasteiger partial charge in [0.2, 0.25) is 0 Å². The van der Waals surface area contributed by atoms with Crippen LogP contribution in [-0.2, 0) is 7.05 Å². The van der Waals surface area contributed by atoms with Crippen LogP contribution in [0, 0.1) is 0 Å². The van der Waals surface area contributed by atoms with Gasteiger partial charge in [-0.2, -0.15) is 0 Å². The average molecular weight is 348 g/mol. The fourth-order valence-corrected chi connectivity index (χ4v) is 3.85. The summed E-state index contributed by atoms with van der Waals surface area (Å²) in [6, 6.07) is 17.6. The first-order valence-electron chi connectivity index (χ1n) is 7.90. The van der Waals surface area contributed by atoms with Crippen LogP contribution in [0.1, 0.15) is 21.2 Å². The molecule has 4 aromatic rings. The molecule has 25 heavy (non-hydrogen) atoms. The highest BCUT2D eigenvalue weighted by Crippen LogP contribution is 2.37. The van der Waals surface area contributed by atoms with Crippen LogP contribution in [0.25, 0.3) is 10.9 Å². The molecule has 1 atom stereocenters. The molecule has 4 rings (SSSR count). The summed E-state index contributed by atoms with van der Waals surface area (Å²) in [5.74, 6) is 0.0525. The number of nitrogens with zero attached hydrogens (tertiary/aromatic N) is 3. The van der Waals surface area contributed by atoms with Gasteiger partial charge in [-0.05, 0) is 11.6 Å². The van der Waals surface area contributed by atoms with Crippen LogP contribution < -0.4 is 0 Å². The summed E-state index contributed by atoms with van der Waals surface area (Å²) >= 11 is 1.42. The van der Waals surface area contributed by atoms with Gasteiger partial charge in [0.05, 0.1) is 0 Å². The summed E-state index contributed by atoms with van der Waals surface area (Å²) in [5.41, 5.74) is 2.60. The lowest BCUT2D eigenvalue weighted by Crippen LogP contribution is -2.10. The zero-order chi connectivity index (χ0) is 17.2. The summed E-state index contributed by atoms with van der Waals surface area (Å²) in [6.07, 6.45) is 3.43. The zero-order valence-electron chi connectivity index (χ0n) is 13.6. The van der Waals surface area contributed by atoms with Gasteiger partial charge in [-0.1, -0.05) is 60.3 Å². The lowest BCUT2D eigenvalue weighted by atomic mass is 10.0. The van der Waals surface area contributed by atoms with E-state index in [-0.39, 0.29) is 11.0 Å². The molecule has 0 aliphatic rings. The molecule has 0 unspecified atom stereocenters. The smallest absolute Gasteiger partial charge is 0.191 e. The number of rotatable bonds is 5. The quantitative estimate of drug-likeness (QED) is 0.437. The van der Waals surface area contributed by atoms with Crippen molar-refractivity contribution in [2.45, 2.75) is 10.4 Å². The van der Waals surface area contributed by atoms with Gasteiger partial charge in [0.15, 0.2) is 10.9 Å². The van der Waals surface area contributed by atoms with Gasteiger partial charge in [0.25, 0.3) is 0 Å². The minimum Gasteiger partial charge on any atom is -0.360 e. The molecule has 6 heteroatoms. The maximum Gasteiger partial charge on any atom is 0.191 e. The van der Waals surface area contributed by atoms with E-state index in [2.05, 4.69) is 15.2 Å². The average Bonchev–Trinajstić information content (AvgIpc) is 3.26. The van der Waals surface area contributed by atoms with E-state index in [1.54, 1.807) is 12.5 Å². The second kappa shape index (κ2) is 6.57. The molecule has 0 saturated carbocycles. The minimum atomic E-state index is -0.386. The first kappa shape index (κ1) is 15.7. The number of Topliss-reactive ketones (excluding diaryl/α,β-unsaturated/α-hetero) is 1. The number of ketones is 1. The second-order valence-electron chi connectivity index (χ2n) is 5.75. The molecular weight excluding hydrogens is 332 g/mol. The van der Waals surface area contributed by atoms with Gasteiger partial charge in [-0.3, -0.25) is 4.79 Å². The minimum absolute atomic E-state index is 0.0525. The van der Waals surface area contributed by atoms with Crippen molar-refractivity contribution in [1.82, 2.24) is 19.7 Å². The van der Waals surface area contributed by atoms with E-state index in [0.717, 1.165) is 16.5 Å². The molecular formula is C19H16N4OS. The number of benzene rings is 2. The fourth-order valence-electron chi connectivity index (χ4n) is 2.80. The van der Waals surface area contributed by atoms with Crippen LogP contribution in [-0.4, -0.2) is 25.5 Å². The Morgan fingerprint density at radius 2 is 1.88 bits per heavy atom. The van der Waals surface area contributed by atoms with Gasteiger partial charge in [-0.25, -0.2) is 0 Å². The number of carbonyl (C=O) groups excluding carboxylic acids is 1. The molecule has 124 valence electrons. The number of aromatic amines is 1. The number of nitrogens with one attached hydrogen (secondary N) is 1. The van der Waals surface area contributed by atoms with E-state index in [1.165, 1.54) is 11.8 Å². The van der Waals surface area contributed by atoms with E-state index < -0.39 is 0 Å². The highest BCUT2D eigenvalue weighted by Gasteiger charge is 2.27. The number of carbonyl (C=O) groups is 1. The van der Waals surface area contributed by atoms with Crippen LogP contribution in [0.4, 0.5) is 0 Å². The predicted octanol–water partition coefficient (Wildman–Crippen LogP) is 4.01. The molecule has 0 aliphatic carbocycles. The molecule has 0 saturated heterocycles. The SMILES string of the molecule is Cn1cnnc1S[C@@H](C(=O)c1c[nH]c2ccccc12)c1ccccc1. The van der Waals surface area contributed by atoms with E-state index >= 15 is 0 Å². The van der Waals surface area contributed by atoms with Gasteiger partial charge in [0.1, 0.15) is 11.6 Å². The lowest BCUT2D eigenvalue weighted by Gasteiger charge is -2.15. The van der Waals surface area contributed by atoms with Crippen LogP contribution in [0.3, 0.4) is 0 Å². The van der Waals surface area contributed by atoms with Crippen molar-refractivity contribution in [3.05, 3.63) is 78.2 Å². The number of hydrogen-bond donors (Lipinski definition) is 1. The third-order valence-electron chi connectivity index (χ3n) is 4.09. The highest BCUT2D eigenvalue weighted by atomic mass is 32.2. The first-order chi connectivity index (χ1) is 12.2. The maximum atomic E-state index is 13.4. The number of hydrogen-bond acceptors (Lipinski definition) is 4. The van der Waals surface area contributed by atoms with E-state index in [0.29, 0.717) is 10.7 Å². The molecule has 0 spiro atoms. The fraction of sp³-hybridized carbons (Fsp3) is 0.105. The summed E-state index contributed by atoms with van der Waals surface area (Å²) in [4.78, 5) is 16.5. The second-order valence-corrected chi connectivity index (χ2v) is 6.82. The topological polar surface area (TPSA) is 63.6 Å². The summed E-state index contributed by atoms with van der Waals surface area (Å²) in [7, 11) is 1.88. The number of aryl methyl sites for hydroxylation is 1. The van der Waals surface area contributed by atoms with Gasteiger partial charge >= 0.3 is 0 Å². The Morgan fingerprint density at radius 1 is 1.12 bits per heavy atom. The Bertz CT molecular complexity index is 1020. The van der Waals surface area contributed by atoms with Crippen molar-refractivity contribution in [3.8, 4) is 0 Å². The number of H-pyrrole nitrogens is 1. The van der Waals surface area contributed by atoms with Crippen molar-refractivity contribution in [2.75, 3.05) is 0 Å². The van der Waals surface area contributed by atoms with Crippen molar-refractivity contribution < 1.29 is 4.79 Å². The van der Waals surface area contributed by atoms with E-state index in [1.807, 2.05) is 66.2 Å². The van der Waals surface area contributed by atoms with Gasteiger partial charge in [0, 0.05) is 29.7 Å². The molecule has 5 nitrogen and oxygen atoms in total. The van der Waals surface area contributed by atoms with Crippen molar-refractivity contribution in [3.63, 3.8) is 0 Å². The van der Waals surface area contributed by atoms with E-state index in [4.69, 9.17) is 0 Å². The monoisotopic (exact) mass is 348 g/mol. The van der Waals surface area contributed by atoms with Crippen LogP contribution in [0.2, 0.25) is 0 Å². The Hall–Kier alpha value is -2.86.